The van der Waals surface area contributed by atoms with E-state index in [9.17, 15) is 14.4 Å². The Morgan fingerprint density at radius 2 is 1.65 bits per heavy atom. The molecule has 3 rings (SSSR count). The molecule has 0 radical (unpaired) electrons. The number of piperidine rings is 1. The largest absolute Gasteiger partial charge is 0.497 e. The third-order valence-corrected chi connectivity index (χ3v) is 4.33. The molecule has 0 aromatic heterocycles. The lowest BCUT2D eigenvalue weighted by Crippen LogP contribution is -3.14. The minimum absolute atomic E-state index is 0.260. The van der Waals surface area contributed by atoms with Gasteiger partial charge in [0.15, 0.2) is 6.67 Å². The first-order chi connectivity index (χ1) is 11.1. The maximum atomic E-state index is 12.5. The number of urea groups is 1. The highest BCUT2D eigenvalue weighted by atomic mass is 16.5. The molecule has 2 fully saturated rings. The molecule has 4 amide bonds. The number of nitrogens with zero attached hydrogens (tertiary/aromatic N) is 2. The highest BCUT2D eigenvalue weighted by Crippen LogP contribution is 2.24. The van der Waals surface area contributed by atoms with Crippen molar-refractivity contribution in [2.75, 3.05) is 31.8 Å². The van der Waals surface area contributed by atoms with Gasteiger partial charge in [-0.15, -0.1) is 0 Å². The molecule has 0 atom stereocenters. The molecule has 2 saturated heterocycles. The molecule has 2 aliphatic heterocycles. The first kappa shape index (κ1) is 15.5. The molecular formula is C16H20N3O4+. The summed E-state index contributed by atoms with van der Waals surface area (Å²) in [5.74, 6) is -0.922. The Labute approximate surface area is 134 Å². The van der Waals surface area contributed by atoms with Crippen LogP contribution in [-0.2, 0) is 9.59 Å². The van der Waals surface area contributed by atoms with E-state index in [2.05, 4.69) is 0 Å². The molecule has 1 N–H and O–H groups in total. The normalized spacial score (nSPS) is 19.6. The van der Waals surface area contributed by atoms with E-state index in [0.29, 0.717) is 11.4 Å². The van der Waals surface area contributed by atoms with E-state index in [0.717, 1.165) is 35.7 Å². The van der Waals surface area contributed by atoms with Crippen LogP contribution >= 0.6 is 0 Å². The van der Waals surface area contributed by atoms with Gasteiger partial charge in [0.1, 0.15) is 5.75 Å². The van der Waals surface area contributed by atoms with Crippen molar-refractivity contribution in [3.63, 3.8) is 0 Å². The van der Waals surface area contributed by atoms with Crippen LogP contribution in [0, 0.1) is 0 Å². The highest BCUT2D eigenvalue weighted by molar-refractivity contribution is 6.52. The summed E-state index contributed by atoms with van der Waals surface area (Å²) < 4.78 is 5.06. The molecule has 1 aromatic carbocycles. The molecule has 0 aliphatic carbocycles. The third kappa shape index (κ3) is 2.92. The van der Waals surface area contributed by atoms with E-state index in [-0.39, 0.29) is 6.67 Å². The number of carbonyl (C=O) groups excluding carboxylic acids is 3. The number of hydrogen-bond acceptors (Lipinski definition) is 4. The molecule has 0 unspecified atom stereocenters. The SMILES string of the molecule is COc1ccc(N2C(=O)C(=O)N(C[NH+]3CCCCC3)C2=O)cc1. The molecule has 7 nitrogen and oxygen atoms in total. The number of nitrogens with one attached hydrogen (secondary N) is 1. The van der Waals surface area contributed by atoms with Crippen molar-refractivity contribution in [3.05, 3.63) is 24.3 Å². The lowest BCUT2D eigenvalue weighted by Gasteiger charge is -2.26. The minimum Gasteiger partial charge on any atom is -0.497 e. The van der Waals surface area contributed by atoms with Crippen LogP contribution < -0.4 is 14.5 Å². The number of methoxy groups -OCH3 is 1. The van der Waals surface area contributed by atoms with Gasteiger partial charge < -0.3 is 9.64 Å². The van der Waals surface area contributed by atoms with Gasteiger partial charge in [-0.1, -0.05) is 0 Å². The van der Waals surface area contributed by atoms with Gasteiger partial charge in [-0.25, -0.2) is 14.6 Å². The molecule has 122 valence electrons. The Kier molecular flexibility index (Phi) is 4.29. The van der Waals surface area contributed by atoms with Crippen molar-refractivity contribution in [3.8, 4) is 5.75 Å². The number of rotatable bonds is 4. The molecule has 0 saturated carbocycles. The van der Waals surface area contributed by atoms with Gasteiger partial charge in [0.05, 0.1) is 25.9 Å². The van der Waals surface area contributed by atoms with E-state index >= 15 is 0 Å². The second kappa shape index (κ2) is 6.37. The summed E-state index contributed by atoms with van der Waals surface area (Å²) in [6.07, 6.45) is 3.35. The summed E-state index contributed by atoms with van der Waals surface area (Å²) in [6.45, 7) is 2.11. The topological polar surface area (TPSA) is 71.4 Å². The zero-order valence-electron chi connectivity index (χ0n) is 13.1. The fraction of sp³-hybridized carbons (Fsp3) is 0.438. The van der Waals surface area contributed by atoms with Gasteiger partial charge in [0, 0.05) is 0 Å². The number of imide groups is 2. The highest BCUT2D eigenvalue weighted by Gasteiger charge is 2.47. The number of carbonyl (C=O) groups is 3. The smallest absolute Gasteiger partial charge is 0.343 e. The second-order valence-corrected chi connectivity index (χ2v) is 5.82. The summed E-state index contributed by atoms with van der Waals surface area (Å²) in [5.41, 5.74) is 0.380. The molecule has 2 aliphatic rings. The van der Waals surface area contributed by atoms with Gasteiger partial charge in [0.2, 0.25) is 0 Å². The van der Waals surface area contributed by atoms with Gasteiger partial charge >= 0.3 is 17.8 Å². The van der Waals surface area contributed by atoms with Crippen LogP contribution in [-0.4, -0.2) is 49.6 Å². The Bertz CT molecular complexity index is 623. The van der Waals surface area contributed by atoms with Crippen LogP contribution in [0.25, 0.3) is 0 Å². The predicted octanol–water partition coefficient (Wildman–Crippen LogP) is 0.0167. The predicted molar refractivity (Wildman–Crippen MR) is 82.1 cm³/mol. The van der Waals surface area contributed by atoms with Crippen molar-refractivity contribution < 1.29 is 24.0 Å². The summed E-state index contributed by atoms with van der Waals surface area (Å²) >= 11 is 0. The van der Waals surface area contributed by atoms with Gasteiger partial charge in [-0.2, -0.15) is 0 Å². The maximum Gasteiger partial charge on any atom is 0.343 e. The Balaban J connectivity index is 1.78. The molecular weight excluding hydrogens is 298 g/mol. The molecule has 0 spiro atoms. The number of benzene rings is 1. The van der Waals surface area contributed by atoms with Gasteiger partial charge in [-0.05, 0) is 43.5 Å². The lowest BCUT2D eigenvalue weighted by atomic mass is 10.1. The zero-order valence-corrected chi connectivity index (χ0v) is 13.1. The van der Waals surface area contributed by atoms with Gasteiger partial charge in [0.25, 0.3) is 0 Å². The number of likely N-dealkylation sites (tertiary alicyclic amines) is 1. The van der Waals surface area contributed by atoms with E-state index in [4.69, 9.17) is 4.74 Å². The number of quaternary nitrogens is 1. The third-order valence-electron chi connectivity index (χ3n) is 4.33. The second-order valence-electron chi connectivity index (χ2n) is 5.82. The molecule has 1 aromatic rings. The van der Waals surface area contributed by atoms with E-state index in [1.807, 2.05) is 0 Å². The number of anilines is 1. The lowest BCUT2D eigenvalue weighted by molar-refractivity contribution is -0.912. The number of amides is 4. The van der Waals surface area contributed by atoms with Crippen LogP contribution in [0.4, 0.5) is 10.5 Å². The van der Waals surface area contributed by atoms with Gasteiger partial charge in [-0.3, -0.25) is 9.59 Å². The van der Waals surface area contributed by atoms with Crippen LogP contribution in [0.3, 0.4) is 0 Å². The Morgan fingerprint density at radius 1 is 1.00 bits per heavy atom. The average Bonchev–Trinajstić information content (AvgIpc) is 2.80. The molecule has 2 heterocycles. The number of hydrogen-bond donors (Lipinski definition) is 1. The van der Waals surface area contributed by atoms with Crippen molar-refractivity contribution in [2.24, 2.45) is 0 Å². The summed E-state index contributed by atoms with van der Waals surface area (Å²) in [5, 5.41) is 0. The van der Waals surface area contributed by atoms with Crippen LogP contribution in [0.5, 0.6) is 5.75 Å². The fourth-order valence-electron chi connectivity index (χ4n) is 3.04. The summed E-state index contributed by atoms with van der Waals surface area (Å²) in [4.78, 5) is 40.1. The van der Waals surface area contributed by atoms with E-state index in [1.54, 1.807) is 24.3 Å². The zero-order chi connectivity index (χ0) is 16.4. The monoisotopic (exact) mass is 318 g/mol. The maximum absolute atomic E-state index is 12.5. The quantitative estimate of drug-likeness (QED) is 0.627. The standard InChI is InChI=1S/C16H19N3O4/c1-23-13-7-5-12(6-8-13)19-15(21)14(20)18(16(19)22)11-17-9-3-2-4-10-17/h5-8H,2-4,9-11H2,1H3/p+1. The van der Waals surface area contributed by atoms with E-state index in [1.165, 1.54) is 18.4 Å². The van der Waals surface area contributed by atoms with Crippen LogP contribution in [0.2, 0.25) is 0 Å². The van der Waals surface area contributed by atoms with Crippen LogP contribution in [0.15, 0.2) is 24.3 Å². The van der Waals surface area contributed by atoms with Crippen LogP contribution in [0.1, 0.15) is 19.3 Å². The Hall–Kier alpha value is -2.41. The molecule has 23 heavy (non-hydrogen) atoms. The minimum atomic E-state index is -0.795. The van der Waals surface area contributed by atoms with E-state index < -0.39 is 17.8 Å². The molecule has 7 heteroatoms. The van der Waals surface area contributed by atoms with Crippen molar-refractivity contribution in [1.29, 1.82) is 0 Å². The van der Waals surface area contributed by atoms with Crippen molar-refractivity contribution in [2.45, 2.75) is 19.3 Å². The van der Waals surface area contributed by atoms with Crippen molar-refractivity contribution >= 4 is 23.5 Å². The summed E-state index contributed by atoms with van der Waals surface area (Å²) in [7, 11) is 1.54. The van der Waals surface area contributed by atoms with Crippen molar-refractivity contribution in [1.82, 2.24) is 4.90 Å². The fourth-order valence-corrected chi connectivity index (χ4v) is 3.04. The first-order valence-corrected chi connectivity index (χ1v) is 7.79. The number of ether oxygens (including phenoxy) is 1. The summed E-state index contributed by atoms with van der Waals surface area (Å²) in [6, 6.07) is 5.93. The molecule has 0 bridgehead atoms. The first-order valence-electron chi connectivity index (χ1n) is 7.79. The Morgan fingerprint density at radius 3 is 2.26 bits per heavy atom. The average molecular weight is 318 g/mol.